The molecule has 1 aliphatic heterocycles. The summed E-state index contributed by atoms with van der Waals surface area (Å²) in [5.74, 6) is 0.791. The zero-order chi connectivity index (χ0) is 13.4. The molecule has 0 aromatic heterocycles. The molecule has 0 radical (unpaired) electrons. The highest BCUT2D eigenvalue weighted by Gasteiger charge is 2.24. The van der Waals surface area contributed by atoms with E-state index in [4.69, 9.17) is 4.74 Å². The third-order valence-corrected chi connectivity index (χ3v) is 3.83. The van der Waals surface area contributed by atoms with E-state index in [-0.39, 0.29) is 0 Å². The molecule has 108 valence electrons. The molecule has 0 spiro atoms. The van der Waals surface area contributed by atoms with Gasteiger partial charge in [-0.05, 0) is 45.1 Å². The zero-order valence-electron chi connectivity index (χ0n) is 12.7. The number of unbranched alkanes of at least 4 members (excludes halogenated alkanes) is 2. The topological polar surface area (TPSA) is 24.5 Å². The van der Waals surface area contributed by atoms with Crippen LogP contribution in [0.1, 0.15) is 46.5 Å². The van der Waals surface area contributed by atoms with E-state index in [9.17, 15) is 0 Å². The highest BCUT2D eigenvalue weighted by molar-refractivity contribution is 4.84. The van der Waals surface area contributed by atoms with E-state index in [2.05, 4.69) is 31.0 Å². The molecular weight excluding hydrogens is 224 g/mol. The minimum atomic E-state index is 0.691. The number of rotatable bonds is 8. The fourth-order valence-corrected chi connectivity index (χ4v) is 2.77. The number of ether oxygens (including phenoxy) is 1. The number of nitrogens with zero attached hydrogens (tertiary/aromatic N) is 1. The van der Waals surface area contributed by atoms with E-state index in [1.807, 2.05) is 0 Å². The van der Waals surface area contributed by atoms with E-state index in [1.54, 1.807) is 7.11 Å². The number of hydrogen-bond acceptors (Lipinski definition) is 3. The minimum Gasteiger partial charge on any atom is -0.385 e. The quantitative estimate of drug-likeness (QED) is 0.675. The zero-order valence-corrected chi connectivity index (χ0v) is 12.7. The molecule has 1 saturated heterocycles. The van der Waals surface area contributed by atoms with Gasteiger partial charge in [0.05, 0.1) is 0 Å². The molecule has 1 heterocycles. The molecule has 0 amide bonds. The van der Waals surface area contributed by atoms with Crippen LogP contribution >= 0.6 is 0 Å². The van der Waals surface area contributed by atoms with E-state index >= 15 is 0 Å². The maximum atomic E-state index is 5.09. The molecule has 0 aliphatic carbocycles. The summed E-state index contributed by atoms with van der Waals surface area (Å²) in [6.45, 7) is 11.5. The first kappa shape index (κ1) is 15.9. The molecule has 2 unspecified atom stereocenters. The van der Waals surface area contributed by atoms with Crippen LogP contribution in [0.5, 0.6) is 0 Å². The molecule has 18 heavy (non-hydrogen) atoms. The number of piperazine rings is 1. The second-order valence-corrected chi connectivity index (χ2v) is 6.13. The Hall–Kier alpha value is -0.120. The summed E-state index contributed by atoms with van der Waals surface area (Å²) < 4.78 is 5.09. The van der Waals surface area contributed by atoms with Crippen molar-refractivity contribution >= 4 is 0 Å². The first-order chi connectivity index (χ1) is 8.63. The van der Waals surface area contributed by atoms with Gasteiger partial charge >= 0.3 is 0 Å². The minimum absolute atomic E-state index is 0.691. The van der Waals surface area contributed by atoms with Crippen molar-refractivity contribution in [2.24, 2.45) is 5.92 Å². The molecule has 0 aromatic rings. The lowest BCUT2D eigenvalue weighted by molar-refractivity contribution is 0.127. The van der Waals surface area contributed by atoms with Crippen LogP contribution in [0.3, 0.4) is 0 Å². The van der Waals surface area contributed by atoms with E-state index in [1.165, 1.54) is 38.8 Å². The third kappa shape index (κ3) is 6.17. The van der Waals surface area contributed by atoms with E-state index in [0.717, 1.165) is 19.1 Å². The molecule has 1 fully saturated rings. The lowest BCUT2D eigenvalue weighted by Gasteiger charge is -2.39. The Morgan fingerprint density at radius 1 is 1.28 bits per heavy atom. The summed E-state index contributed by atoms with van der Waals surface area (Å²) in [5.41, 5.74) is 0. The Bertz CT molecular complexity index is 209. The Balaban J connectivity index is 2.20. The van der Waals surface area contributed by atoms with Crippen LogP contribution in [0.15, 0.2) is 0 Å². The first-order valence-electron chi connectivity index (χ1n) is 7.59. The standard InChI is InChI=1S/C15H32N2O/c1-13(2)10-15-12-17(14(3)11-16-15)8-6-5-7-9-18-4/h13-16H,5-12H2,1-4H3. The van der Waals surface area contributed by atoms with Gasteiger partial charge in [0.2, 0.25) is 0 Å². The van der Waals surface area contributed by atoms with Crippen LogP contribution in [-0.4, -0.2) is 50.3 Å². The predicted molar refractivity (Wildman–Crippen MR) is 78.0 cm³/mol. The molecule has 0 saturated carbocycles. The average Bonchev–Trinajstić information content (AvgIpc) is 2.32. The summed E-state index contributed by atoms with van der Waals surface area (Å²) in [5, 5.41) is 3.68. The molecule has 0 aromatic carbocycles. The predicted octanol–water partition coefficient (Wildman–Crippen LogP) is 2.51. The van der Waals surface area contributed by atoms with Gasteiger partial charge in [-0.2, -0.15) is 0 Å². The Morgan fingerprint density at radius 2 is 2.06 bits per heavy atom. The third-order valence-electron chi connectivity index (χ3n) is 3.83. The first-order valence-corrected chi connectivity index (χ1v) is 7.59. The molecule has 1 rings (SSSR count). The summed E-state index contributed by atoms with van der Waals surface area (Å²) in [7, 11) is 1.79. The van der Waals surface area contributed by atoms with Crippen molar-refractivity contribution in [3.63, 3.8) is 0 Å². The summed E-state index contributed by atoms with van der Waals surface area (Å²) >= 11 is 0. The van der Waals surface area contributed by atoms with Crippen molar-refractivity contribution in [3.05, 3.63) is 0 Å². The highest BCUT2D eigenvalue weighted by Crippen LogP contribution is 2.14. The van der Waals surface area contributed by atoms with Crippen LogP contribution in [0.2, 0.25) is 0 Å². The molecule has 3 heteroatoms. The molecular formula is C15H32N2O. The Labute approximate surface area is 113 Å². The second-order valence-electron chi connectivity index (χ2n) is 6.13. The molecule has 1 aliphatic rings. The maximum absolute atomic E-state index is 5.09. The summed E-state index contributed by atoms with van der Waals surface area (Å²) in [4.78, 5) is 2.66. The molecule has 2 atom stereocenters. The van der Waals surface area contributed by atoms with Gasteiger partial charge in [0, 0.05) is 38.9 Å². The largest absolute Gasteiger partial charge is 0.385 e. The smallest absolute Gasteiger partial charge is 0.0462 e. The summed E-state index contributed by atoms with van der Waals surface area (Å²) in [6.07, 6.45) is 5.10. The summed E-state index contributed by atoms with van der Waals surface area (Å²) in [6, 6.07) is 1.39. The van der Waals surface area contributed by atoms with Crippen LogP contribution in [0, 0.1) is 5.92 Å². The number of methoxy groups -OCH3 is 1. The van der Waals surface area contributed by atoms with Crippen LogP contribution < -0.4 is 5.32 Å². The monoisotopic (exact) mass is 256 g/mol. The van der Waals surface area contributed by atoms with E-state index in [0.29, 0.717) is 12.1 Å². The van der Waals surface area contributed by atoms with E-state index < -0.39 is 0 Å². The van der Waals surface area contributed by atoms with Crippen molar-refractivity contribution in [2.75, 3.05) is 33.4 Å². The van der Waals surface area contributed by atoms with Crippen molar-refractivity contribution in [2.45, 2.75) is 58.5 Å². The average molecular weight is 256 g/mol. The molecule has 0 bridgehead atoms. The van der Waals surface area contributed by atoms with Crippen molar-refractivity contribution in [1.29, 1.82) is 0 Å². The van der Waals surface area contributed by atoms with Crippen molar-refractivity contribution in [3.8, 4) is 0 Å². The van der Waals surface area contributed by atoms with Crippen LogP contribution in [-0.2, 0) is 4.74 Å². The van der Waals surface area contributed by atoms with Crippen molar-refractivity contribution in [1.82, 2.24) is 10.2 Å². The maximum Gasteiger partial charge on any atom is 0.0462 e. The molecule has 1 N–H and O–H groups in total. The lowest BCUT2D eigenvalue weighted by Crippen LogP contribution is -2.55. The van der Waals surface area contributed by atoms with Gasteiger partial charge in [0.15, 0.2) is 0 Å². The van der Waals surface area contributed by atoms with Gasteiger partial charge in [-0.3, -0.25) is 4.90 Å². The normalized spacial score (nSPS) is 25.8. The SMILES string of the molecule is COCCCCCN1CC(CC(C)C)NCC1C. The fourth-order valence-electron chi connectivity index (χ4n) is 2.77. The van der Waals surface area contributed by atoms with Gasteiger partial charge in [-0.1, -0.05) is 13.8 Å². The highest BCUT2D eigenvalue weighted by atomic mass is 16.5. The van der Waals surface area contributed by atoms with Gasteiger partial charge in [-0.15, -0.1) is 0 Å². The van der Waals surface area contributed by atoms with Gasteiger partial charge in [-0.25, -0.2) is 0 Å². The van der Waals surface area contributed by atoms with Crippen LogP contribution in [0.4, 0.5) is 0 Å². The number of nitrogens with one attached hydrogen (secondary N) is 1. The second kappa shape index (κ2) is 8.89. The van der Waals surface area contributed by atoms with Gasteiger partial charge < -0.3 is 10.1 Å². The van der Waals surface area contributed by atoms with Crippen LogP contribution in [0.25, 0.3) is 0 Å². The van der Waals surface area contributed by atoms with Crippen molar-refractivity contribution < 1.29 is 4.74 Å². The Morgan fingerprint density at radius 3 is 2.72 bits per heavy atom. The molecule has 3 nitrogen and oxygen atoms in total. The van der Waals surface area contributed by atoms with Gasteiger partial charge in [0.25, 0.3) is 0 Å². The lowest BCUT2D eigenvalue weighted by atomic mass is 10.00. The number of hydrogen-bond donors (Lipinski definition) is 1. The van der Waals surface area contributed by atoms with Gasteiger partial charge in [0.1, 0.15) is 0 Å². The fraction of sp³-hybridized carbons (Fsp3) is 1.00. The Kier molecular flexibility index (Phi) is 7.87.